The number of hydrogen-bond donors (Lipinski definition) is 1. The first-order chi connectivity index (χ1) is 23.5. The Balaban J connectivity index is 1.44. The van der Waals surface area contributed by atoms with Crippen molar-refractivity contribution < 1.29 is 51.0 Å². The third-order valence-corrected chi connectivity index (χ3v) is 12.0. The van der Waals surface area contributed by atoms with Crippen LogP contribution < -0.4 is 14.5 Å². The van der Waals surface area contributed by atoms with E-state index in [-0.39, 0.29) is 38.9 Å². The Morgan fingerprint density at radius 1 is 0.840 bits per heavy atom. The van der Waals surface area contributed by atoms with Gasteiger partial charge in [0, 0.05) is 22.6 Å². The van der Waals surface area contributed by atoms with Crippen LogP contribution in [0.5, 0.6) is 11.5 Å². The molecule has 0 spiro atoms. The number of allylic oxidation sites excluding steroid dienone is 2. The second-order valence-electron chi connectivity index (χ2n) is 12.6. The van der Waals surface area contributed by atoms with E-state index in [1.54, 1.807) is 13.0 Å². The number of aryl methyl sites for hydroxylation is 1. The molecule has 6 atom stereocenters. The fraction of sp³-hybridized carbons (Fsp3) is 0.294. The van der Waals surface area contributed by atoms with Gasteiger partial charge in [0.25, 0.3) is 11.8 Å². The minimum Gasteiger partial charge on any atom is -0.508 e. The van der Waals surface area contributed by atoms with E-state index in [0.717, 1.165) is 11.0 Å². The van der Waals surface area contributed by atoms with Crippen LogP contribution >= 0.6 is 34.8 Å². The summed E-state index contributed by atoms with van der Waals surface area (Å²) >= 11 is 20.5. The molecule has 0 radical (unpaired) electrons. The molecule has 16 heteroatoms. The Kier molecular flexibility index (Phi) is 7.82. The molecule has 1 saturated carbocycles. The van der Waals surface area contributed by atoms with Crippen LogP contribution in [0.1, 0.15) is 29.9 Å². The van der Waals surface area contributed by atoms with Crippen molar-refractivity contribution in [1.29, 1.82) is 0 Å². The summed E-state index contributed by atoms with van der Waals surface area (Å²) in [4.78, 5) is 51.8. The number of amides is 4. The van der Waals surface area contributed by atoms with Crippen molar-refractivity contribution in [3.8, 4) is 11.5 Å². The maximum absolute atomic E-state index is 15.2. The average Bonchev–Trinajstić information content (AvgIpc) is 3.42. The first-order valence-electron chi connectivity index (χ1n) is 15.0. The van der Waals surface area contributed by atoms with Gasteiger partial charge in [0.05, 0.1) is 24.6 Å². The number of alkyl halides is 2. The zero-order chi connectivity index (χ0) is 36.4. The maximum Gasteiger partial charge on any atom is 0.258 e. The fourth-order valence-electron chi connectivity index (χ4n) is 7.78. The van der Waals surface area contributed by atoms with E-state index < -0.39 is 104 Å². The largest absolute Gasteiger partial charge is 0.508 e. The van der Waals surface area contributed by atoms with Gasteiger partial charge in [0.15, 0.2) is 33.0 Å². The summed E-state index contributed by atoms with van der Waals surface area (Å²) in [5, 5.41) is 11.5. The molecule has 7 rings (SSSR count). The summed E-state index contributed by atoms with van der Waals surface area (Å²) in [5.74, 6) is -22.4. The molecule has 0 aromatic heterocycles. The molecule has 2 heterocycles. The molecule has 3 fully saturated rings. The molecule has 8 nitrogen and oxygen atoms in total. The van der Waals surface area contributed by atoms with Crippen molar-refractivity contribution in [3.05, 3.63) is 93.3 Å². The number of ether oxygens (including phenoxy) is 1. The molecule has 0 bridgehead atoms. The van der Waals surface area contributed by atoms with Crippen LogP contribution in [0.15, 0.2) is 48.0 Å². The molecule has 260 valence electrons. The number of rotatable bonds is 4. The number of phenolic OH excluding ortho intramolecular Hbond substituents is 1. The normalized spacial score (nSPS) is 28.9. The summed E-state index contributed by atoms with van der Waals surface area (Å²) in [6, 6.07) is 8.38. The van der Waals surface area contributed by atoms with Gasteiger partial charge in [-0.15, -0.1) is 23.2 Å². The van der Waals surface area contributed by atoms with Crippen LogP contribution in [0.2, 0.25) is 5.02 Å². The number of benzene rings is 3. The highest BCUT2D eigenvalue weighted by molar-refractivity contribution is 6.58. The van der Waals surface area contributed by atoms with Gasteiger partial charge in [-0.2, -0.15) is 0 Å². The molecule has 2 aliphatic carbocycles. The molecule has 1 N–H and O–H groups in total. The molecule has 4 aliphatic rings. The highest BCUT2D eigenvalue weighted by Gasteiger charge is 2.77. The number of nitrogens with zero attached hydrogens (tertiary/aromatic N) is 2. The zero-order valence-corrected chi connectivity index (χ0v) is 27.9. The molecule has 50 heavy (non-hydrogen) atoms. The van der Waals surface area contributed by atoms with Gasteiger partial charge in [0.2, 0.25) is 17.6 Å². The molecule has 0 unspecified atom stereocenters. The van der Waals surface area contributed by atoms with Crippen LogP contribution in [0.3, 0.4) is 0 Å². The first-order valence-corrected chi connectivity index (χ1v) is 16.1. The monoisotopic (exact) mass is 754 g/mol. The van der Waals surface area contributed by atoms with Gasteiger partial charge < -0.3 is 9.84 Å². The summed E-state index contributed by atoms with van der Waals surface area (Å²) < 4.78 is 78.4. The predicted octanol–water partition coefficient (Wildman–Crippen LogP) is 6.83. The summed E-state index contributed by atoms with van der Waals surface area (Å²) in [6.07, 6.45) is 0.767. The average molecular weight is 756 g/mol. The molecule has 4 amide bonds. The van der Waals surface area contributed by atoms with E-state index in [9.17, 15) is 37.5 Å². The van der Waals surface area contributed by atoms with E-state index in [1.807, 2.05) is 0 Å². The van der Waals surface area contributed by atoms with Crippen molar-refractivity contribution in [2.75, 3.05) is 16.9 Å². The number of hydrogen-bond acceptors (Lipinski definition) is 6. The Morgan fingerprint density at radius 3 is 2.08 bits per heavy atom. The molecular formula is C34H22Cl3F5N2O6. The van der Waals surface area contributed by atoms with E-state index in [0.29, 0.717) is 5.56 Å². The lowest BCUT2D eigenvalue weighted by Gasteiger charge is -2.50. The van der Waals surface area contributed by atoms with Gasteiger partial charge in [0.1, 0.15) is 17.2 Å². The Bertz CT molecular complexity index is 2100. The van der Waals surface area contributed by atoms with Crippen LogP contribution in [0, 0.1) is 53.8 Å². The van der Waals surface area contributed by atoms with Crippen molar-refractivity contribution in [2.24, 2.45) is 17.8 Å². The first kappa shape index (κ1) is 34.3. The number of anilines is 2. The minimum atomic E-state index is -2.77. The molecule has 3 aromatic rings. The van der Waals surface area contributed by atoms with E-state index in [2.05, 4.69) is 0 Å². The number of aromatic hydroxyl groups is 1. The van der Waals surface area contributed by atoms with E-state index in [1.165, 1.54) is 37.5 Å². The van der Waals surface area contributed by atoms with Crippen molar-refractivity contribution in [2.45, 2.75) is 35.4 Å². The molecule has 2 saturated heterocycles. The van der Waals surface area contributed by atoms with Crippen LogP contribution in [-0.2, 0) is 19.2 Å². The smallest absolute Gasteiger partial charge is 0.258 e. The highest BCUT2D eigenvalue weighted by Crippen LogP contribution is 2.67. The van der Waals surface area contributed by atoms with Gasteiger partial charge in [-0.05, 0) is 49.4 Å². The van der Waals surface area contributed by atoms with Crippen molar-refractivity contribution in [1.82, 2.24) is 0 Å². The topological polar surface area (TPSA) is 104 Å². The lowest BCUT2D eigenvalue weighted by molar-refractivity contribution is -0.125. The summed E-state index contributed by atoms with van der Waals surface area (Å²) in [5.41, 5.74) is -1.00. The number of carbonyl (C=O) groups excluding carboxylic acids is 4. The summed E-state index contributed by atoms with van der Waals surface area (Å²) in [7, 11) is 1.30. The Morgan fingerprint density at radius 2 is 1.48 bits per heavy atom. The number of methoxy groups -OCH3 is 1. The number of carbonyl (C=O) groups is 4. The minimum absolute atomic E-state index is 0.0731. The van der Waals surface area contributed by atoms with Gasteiger partial charge in [-0.3, -0.25) is 19.2 Å². The summed E-state index contributed by atoms with van der Waals surface area (Å²) in [6.45, 7) is 1.72. The molecular weight excluding hydrogens is 734 g/mol. The van der Waals surface area contributed by atoms with Gasteiger partial charge in [-0.25, -0.2) is 31.8 Å². The quantitative estimate of drug-likeness (QED) is 0.0783. The standard InChI is InChI=1S/C34H22Cl3F5N2O6/c1-12-3-4-13(9-19(12)35)43-29(46)17-8-7-15-18(21(17)30(43)47)11-33(36)31(48)44(28-26(41)24(39)23(38)25(40)27(28)42)32(49)34(33,37)22(15)16-6-5-14(50-2)10-20(16)45/h3-7,9-10,17-18,21-22,45H,8,11H2,1-2H3/t17-,18+,21-,22+,33+,34-/m0/s1. The highest BCUT2D eigenvalue weighted by atomic mass is 35.5. The predicted molar refractivity (Wildman–Crippen MR) is 170 cm³/mol. The fourth-order valence-corrected chi connectivity index (χ4v) is 8.88. The molecule has 3 aromatic carbocycles. The number of phenols is 1. The van der Waals surface area contributed by atoms with Crippen molar-refractivity contribution in [3.63, 3.8) is 0 Å². The lowest BCUT2D eigenvalue weighted by Crippen LogP contribution is -2.60. The second kappa shape index (κ2) is 11.4. The van der Waals surface area contributed by atoms with Gasteiger partial charge >= 0.3 is 0 Å². The SMILES string of the molecule is COc1ccc([C@H]2C3=CC[C@@H]4C(=O)N(c5ccc(C)c(Cl)c5)C(=O)[C@@H]4[C@@H]3C[C@@]3(Cl)C(=O)N(c4c(F)c(F)c(F)c(F)c4F)C(=O)[C@@]23Cl)c(O)c1. The third kappa shape index (κ3) is 4.29. The Hall–Kier alpha value is -4.20. The van der Waals surface area contributed by atoms with Crippen LogP contribution in [0.25, 0.3) is 0 Å². The maximum atomic E-state index is 15.2. The second-order valence-corrected chi connectivity index (χ2v) is 14.2. The van der Waals surface area contributed by atoms with E-state index >= 15 is 8.78 Å². The number of fused-ring (bicyclic) bond motifs is 4. The number of halogens is 8. The van der Waals surface area contributed by atoms with Crippen LogP contribution in [0.4, 0.5) is 33.3 Å². The lowest BCUT2D eigenvalue weighted by atomic mass is 9.56. The van der Waals surface area contributed by atoms with Crippen molar-refractivity contribution >= 4 is 69.8 Å². The van der Waals surface area contributed by atoms with Gasteiger partial charge in [-0.1, -0.05) is 35.4 Å². The number of imide groups is 2. The van der Waals surface area contributed by atoms with Crippen LogP contribution in [-0.4, -0.2) is 45.6 Å². The van der Waals surface area contributed by atoms with E-state index in [4.69, 9.17) is 39.5 Å². The zero-order valence-electron chi connectivity index (χ0n) is 25.7. The molecule has 2 aliphatic heterocycles. The Labute approximate surface area is 294 Å². The third-order valence-electron chi connectivity index (χ3n) is 10.2.